The van der Waals surface area contributed by atoms with Gasteiger partial charge in [0, 0.05) is 38.6 Å². The van der Waals surface area contributed by atoms with Crippen molar-refractivity contribution < 1.29 is 33.4 Å². The Bertz CT molecular complexity index is 1230. The lowest BCUT2D eigenvalue weighted by atomic mass is 9.79. The van der Waals surface area contributed by atoms with Crippen molar-refractivity contribution in [2.45, 2.75) is 65.8 Å². The quantitative estimate of drug-likeness (QED) is 0.303. The summed E-state index contributed by atoms with van der Waals surface area (Å²) in [7, 11) is 2.94. The SMILES string of the molecule is COC(=O)CN(Cc1ccccc1CN(C)C(=O)OC(C)(C)C)C(=O)C1(C)CCN(C(=O)OCc2ccccc2)CC1. The number of carbonyl (C=O) groups excluding carboxylic acids is 4. The molecule has 1 aliphatic rings. The minimum absolute atomic E-state index is 0.157. The summed E-state index contributed by atoms with van der Waals surface area (Å²) >= 11 is 0. The summed E-state index contributed by atoms with van der Waals surface area (Å²) in [4.78, 5) is 56.2. The van der Waals surface area contributed by atoms with Gasteiger partial charge < -0.3 is 28.9 Å². The predicted molar refractivity (Wildman–Crippen MR) is 157 cm³/mol. The van der Waals surface area contributed by atoms with Gasteiger partial charge in [0.05, 0.1) is 7.11 Å². The Balaban J connectivity index is 1.69. The van der Waals surface area contributed by atoms with Gasteiger partial charge in [-0.2, -0.15) is 0 Å². The molecular weight excluding hydrogens is 538 g/mol. The highest BCUT2D eigenvalue weighted by atomic mass is 16.6. The highest BCUT2D eigenvalue weighted by molar-refractivity contribution is 5.86. The molecule has 1 aliphatic heterocycles. The van der Waals surface area contributed by atoms with Crippen LogP contribution in [0.1, 0.15) is 57.2 Å². The van der Waals surface area contributed by atoms with Gasteiger partial charge in [-0.3, -0.25) is 9.59 Å². The third-order valence-electron chi connectivity index (χ3n) is 7.27. The Morgan fingerprint density at radius 3 is 2.05 bits per heavy atom. The highest BCUT2D eigenvalue weighted by Crippen LogP contribution is 2.34. The molecule has 228 valence electrons. The summed E-state index contributed by atoms with van der Waals surface area (Å²) in [5.41, 5.74) is 1.12. The van der Waals surface area contributed by atoms with E-state index in [4.69, 9.17) is 14.2 Å². The van der Waals surface area contributed by atoms with E-state index < -0.39 is 29.2 Å². The van der Waals surface area contributed by atoms with Crippen LogP contribution in [0.3, 0.4) is 0 Å². The van der Waals surface area contributed by atoms with E-state index in [9.17, 15) is 19.2 Å². The number of rotatable bonds is 9. The maximum absolute atomic E-state index is 14.0. The molecule has 0 N–H and O–H groups in total. The largest absolute Gasteiger partial charge is 0.468 e. The van der Waals surface area contributed by atoms with Crippen LogP contribution in [-0.2, 0) is 43.5 Å². The number of nitrogens with zero attached hydrogens (tertiary/aromatic N) is 3. The van der Waals surface area contributed by atoms with E-state index in [1.807, 2.05) is 82.3 Å². The Hall–Kier alpha value is -4.08. The molecule has 10 heteroatoms. The molecule has 2 aromatic carbocycles. The molecule has 0 saturated carbocycles. The number of hydrogen-bond acceptors (Lipinski definition) is 7. The van der Waals surface area contributed by atoms with Crippen molar-refractivity contribution in [2.24, 2.45) is 5.41 Å². The second kappa shape index (κ2) is 14.2. The fourth-order valence-electron chi connectivity index (χ4n) is 4.74. The number of piperidine rings is 1. The van der Waals surface area contributed by atoms with Gasteiger partial charge in [-0.05, 0) is 50.3 Å². The second-order valence-electron chi connectivity index (χ2n) is 11.9. The zero-order valence-corrected chi connectivity index (χ0v) is 25.6. The van der Waals surface area contributed by atoms with Crippen LogP contribution in [0.25, 0.3) is 0 Å². The second-order valence-corrected chi connectivity index (χ2v) is 11.9. The normalized spacial score (nSPS) is 14.5. The van der Waals surface area contributed by atoms with Crippen molar-refractivity contribution in [3.05, 3.63) is 71.3 Å². The van der Waals surface area contributed by atoms with Gasteiger partial charge in [0.1, 0.15) is 18.8 Å². The first-order valence-corrected chi connectivity index (χ1v) is 14.1. The standard InChI is InChI=1S/C32H43N3O7/c1-31(2,3)42-29(38)33(5)20-25-14-10-11-15-26(25)21-35(22-27(36)40-6)28(37)32(4)16-18-34(19-17-32)30(39)41-23-24-12-8-7-9-13-24/h7-15H,16-23H2,1-6H3. The summed E-state index contributed by atoms with van der Waals surface area (Å²) < 4.78 is 15.9. The Kier molecular flexibility index (Phi) is 11.0. The van der Waals surface area contributed by atoms with E-state index in [1.165, 1.54) is 16.9 Å². The van der Waals surface area contributed by atoms with Gasteiger partial charge >= 0.3 is 18.2 Å². The Morgan fingerprint density at radius 1 is 0.905 bits per heavy atom. The number of amides is 3. The maximum Gasteiger partial charge on any atom is 0.410 e. The van der Waals surface area contributed by atoms with E-state index in [-0.39, 0.29) is 32.1 Å². The van der Waals surface area contributed by atoms with E-state index in [0.717, 1.165) is 16.7 Å². The molecule has 0 aromatic heterocycles. The first-order chi connectivity index (χ1) is 19.8. The van der Waals surface area contributed by atoms with Gasteiger partial charge in [0.25, 0.3) is 0 Å². The highest BCUT2D eigenvalue weighted by Gasteiger charge is 2.41. The molecule has 0 unspecified atom stereocenters. The molecule has 1 fully saturated rings. The molecule has 1 saturated heterocycles. The predicted octanol–water partition coefficient (Wildman–Crippen LogP) is 4.99. The van der Waals surface area contributed by atoms with Crippen LogP contribution < -0.4 is 0 Å². The minimum atomic E-state index is -0.785. The molecule has 3 amide bonds. The van der Waals surface area contributed by atoms with E-state index in [0.29, 0.717) is 25.9 Å². The van der Waals surface area contributed by atoms with Gasteiger partial charge in [-0.15, -0.1) is 0 Å². The van der Waals surface area contributed by atoms with Gasteiger partial charge in [0.15, 0.2) is 0 Å². The van der Waals surface area contributed by atoms with E-state index >= 15 is 0 Å². The first-order valence-electron chi connectivity index (χ1n) is 14.1. The molecule has 1 heterocycles. The van der Waals surface area contributed by atoms with Crippen molar-refractivity contribution in [1.82, 2.24) is 14.7 Å². The lowest BCUT2D eigenvalue weighted by Crippen LogP contribution is -2.51. The molecule has 3 rings (SSSR count). The first kappa shape index (κ1) is 32.4. The third kappa shape index (κ3) is 9.22. The third-order valence-corrected chi connectivity index (χ3v) is 7.27. The van der Waals surface area contributed by atoms with E-state index in [1.54, 1.807) is 11.9 Å². The van der Waals surface area contributed by atoms with Gasteiger partial charge in [0.2, 0.25) is 5.91 Å². The zero-order valence-electron chi connectivity index (χ0n) is 25.6. The molecule has 0 radical (unpaired) electrons. The van der Waals surface area contributed by atoms with Crippen LogP contribution in [0.2, 0.25) is 0 Å². The van der Waals surface area contributed by atoms with Crippen LogP contribution in [0.4, 0.5) is 9.59 Å². The summed E-state index contributed by atoms with van der Waals surface area (Å²) in [6.07, 6.45) is -0.0240. The smallest absolute Gasteiger partial charge is 0.410 e. The number of benzene rings is 2. The van der Waals surface area contributed by atoms with Crippen molar-refractivity contribution in [3.63, 3.8) is 0 Å². The fourth-order valence-corrected chi connectivity index (χ4v) is 4.74. The zero-order chi connectivity index (χ0) is 30.9. The lowest BCUT2D eigenvalue weighted by Gasteiger charge is -2.40. The van der Waals surface area contributed by atoms with Gasteiger partial charge in [-0.25, -0.2) is 9.59 Å². The summed E-state index contributed by atoms with van der Waals surface area (Å²) in [5.74, 6) is -0.724. The van der Waals surface area contributed by atoms with Crippen LogP contribution in [0.15, 0.2) is 54.6 Å². The topological polar surface area (TPSA) is 106 Å². The maximum atomic E-state index is 14.0. The van der Waals surface area contributed by atoms with Crippen LogP contribution >= 0.6 is 0 Å². The van der Waals surface area contributed by atoms with Gasteiger partial charge in [-0.1, -0.05) is 61.5 Å². The summed E-state index contributed by atoms with van der Waals surface area (Å²) in [6.45, 7) is 8.40. The summed E-state index contributed by atoms with van der Waals surface area (Å²) in [6, 6.07) is 16.9. The number of likely N-dealkylation sites (tertiary alicyclic amines) is 1. The van der Waals surface area contributed by atoms with Crippen molar-refractivity contribution in [2.75, 3.05) is 33.8 Å². The average molecular weight is 582 g/mol. The number of ether oxygens (including phenoxy) is 3. The molecule has 2 aromatic rings. The molecule has 0 bridgehead atoms. The number of methoxy groups -OCH3 is 1. The molecular formula is C32H43N3O7. The molecule has 0 spiro atoms. The van der Waals surface area contributed by atoms with Crippen LogP contribution in [0.5, 0.6) is 0 Å². The van der Waals surface area contributed by atoms with Crippen molar-refractivity contribution >= 4 is 24.1 Å². The van der Waals surface area contributed by atoms with Crippen LogP contribution in [-0.4, -0.2) is 78.2 Å². The number of esters is 1. The fraction of sp³-hybridized carbons (Fsp3) is 0.500. The number of carbonyl (C=O) groups is 4. The molecule has 10 nitrogen and oxygen atoms in total. The Morgan fingerprint density at radius 2 is 1.48 bits per heavy atom. The van der Waals surface area contributed by atoms with Crippen LogP contribution in [0, 0.1) is 5.41 Å². The molecule has 0 aliphatic carbocycles. The number of hydrogen-bond donors (Lipinski definition) is 0. The van der Waals surface area contributed by atoms with Crippen molar-refractivity contribution in [1.29, 1.82) is 0 Å². The van der Waals surface area contributed by atoms with Crippen molar-refractivity contribution in [3.8, 4) is 0 Å². The average Bonchev–Trinajstić information content (AvgIpc) is 2.96. The monoisotopic (exact) mass is 581 g/mol. The Labute approximate surface area is 248 Å². The molecule has 0 atom stereocenters. The van der Waals surface area contributed by atoms with E-state index in [2.05, 4.69) is 0 Å². The molecule has 42 heavy (non-hydrogen) atoms. The minimum Gasteiger partial charge on any atom is -0.468 e. The lowest BCUT2D eigenvalue weighted by molar-refractivity contribution is -0.153. The summed E-state index contributed by atoms with van der Waals surface area (Å²) in [5, 5.41) is 0.